The van der Waals surface area contributed by atoms with Crippen LogP contribution in [0.2, 0.25) is 5.02 Å². The first-order valence-electron chi connectivity index (χ1n) is 7.39. The minimum Gasteiger partial charge on any atom is -0.467 e. The Hall–Kier alpha value is -2.85. The highest BCUT2D eigenvalue weighted by atomic mass is 35.5. The number of urea groups is 1. The molecular formula is C15H13ClN6O3S. The van der Waals surface area contributed by atoms with E-state index in [2.05, 4.69) is 26.2 Å². The summed E-state index contributed by atoms with van der Waals surface area (Å²) >= 11 is 6.96. The molecule has 3 aromatic rings. The van der Waals surface area contributed by atoms with E-state index in [1.165, 1.54) is 10.9 Å². The van der Waals surface area contributed by atoms with Gasteiger partial charge in [-0.25, -0.2) is 4.79 Å². The van der Waals surface area contributed by atoms with Crippen molar-refractivity contribution in [2.45, 2.75) is 11.7 Å². The van der Waals surface area contributed by atoms with Crippen molar-refractivity contribution in [1.82, 2.24) is 30.8 Å². The van der Waals surface area contributed by atoms with Crippen LogP contribution < -0.4 is 10.6 Å². The maximum absolute atomic E-state index is 11.9. The Balaban J connectivity index is 1.49. The van der Waals surface area contributed by atoms with Gasteiger partial charge in [-0.3, -0.25) is 10.1 Å². The second-order valence-corrected chi connectivity index (χ2v) is 6.33. The van der Waals surface area contributed by atoms with Gasteiger partial charge in [0.1, 0.15) is 5.76 Å². The number of halogens is 1. The lowest BCUT2D eigenvalue weighted by Crippen LogP contribution is -2.39. The molecule has 9 nitrogen and oxygen atoms in total. The maximum Gasteiger partial charge on any atom is 0.321 e. The van der Waals surface area contributed by atoms with Crippen LogP contribution in [0.15, 0.2) is 52.2 Å². The monoisotopic (exact) mass is 392 g/mol. The van der Waals surface area contributed by atoms with Crippen LogP contribution in [-0.4, -0.2) is 37.9 Å². The van der Waals surface area contributed by atoms with E-state index < -0.39 is 11.9 Å². The van der Waals surface area contributed by atoms with Gasteiger partial charge in [-0.2, -0.15) is 4.68 Å². The third-order valence-corrected chi connectivity index (χ3v) is 4.27. The minimum atomic E-state index is -0.607. The van der Waals surface area contributed by atoms with Crippen molar-refractivity contribution < 1.29 is 14.0 Å². The number of tetrazole rings is 1. The molecule has 0 fully saturated rings. The molecule has 0 spiro atoms. The maximum atomic E-state index is 11.9. The fourth-order valence-corrected chi connectivity index (χ4v) is 2.75. The Morgan fingerprint density at radius 1 is 1.23 bits per heavy atom. The van der Waals surface area contributed by atoms with Crippen LogP contribution in [-0.2, 0) is 11.3 Å². The van der Waals surface area contributed by atoms with Gasteiger partial charge in [0.15, 0.2) is 0 Å². The molecule has 134 valence electrons. The average molecular weight is 393 g/mol. The van der Waals surface area contributed by atoms with E-state index >= 15 is 0 Å². The molecule has 11 heteroatoms. The molecule has 0 aliphatic heterocycles. The van der Waals surface area contributed by atoms with Gasteiger partial charge in [0.2, 0.25) is 11.1 Å². The number of hydrogen-bond acceptors (Lipinski definition) is 7. The Bertz CT molecular complexity index is 881. The van der Waals surface area contributed by atoms with Crippen molar-refractivity contribution in [1.29, 1.82) is 0 Å². The number of carbonyl (C=O) groups is 2. The lowest BCUT2D eigenvalue weighted by Gasteiger charge is -2.06. The smallest absolute Gasteiger partial charge is 0.321 e. The molecule has 2 N–H and O–H groups in total. The van der Waals surface area contributed by atoms with Gasteiger partial charge in [0, 0.05) is 5.02 Å². The standard InChI is InChI=1S/C15H13ClN6O3S/c16-10-3-5-11(6-4-10)22-15(19-20-21-22)26-9-13(23)18-14(24)17-8-12-2-1-7-25-12/h1-7H,8-9H2,(H2,17,18,23,24). The molecule has 0 aliphatic rings. The molecular weight excluding hydrogens is 380 g/mol. The van der Waals surface area contributed by atoms with E-state index in [1.807, 2.05) is 0 Å². The molecule has 0 atom stereocenters. The average Bonchev–Trinajstić information content (AvgIpc) is 3.30. The minimum absolute atomic E-state index is 0.0257. The summed E-state index contributed by atoms with van der Waals surface area (Å²) in [5.74, 6) is 0.0870. The zero-order valence-electron chi connectivity index (χ0n) is 13.3. The Morgan fingerprint density at radius 2 is 2.04 bits per heavy atom. The van der Waals surface area contributed by atoms with E-state index in [0.29, 0.717) is 21.6 Å². The Morgan fingerprint density at radius 3 is 2.77 bits per heavy atom. The third kappa shape index (κ3) is 4.83. The van der Waals surface area contributed by atoms with Crippen LogP contribution in [0.1, 0.15) is 5.76 Å². The molecule has 1 aromatic carbocycles. The van der Waals surface area contributed by atoms with E-state index in [1.54, 1.807) is 36.4 Å². The number of hydrogen-bond donors (Lipinski definition) is 2. The molecule has 2 aromatic heterocycles. The van der Waals surface area contributed by atoms with Crippen LogP contribution in [0, 0.1) is 0 Å². The summed E-state index contributed by atoms with van der Waals surface area (Å²) in [4.78, 5) is 23.6. The van der Waals surface area contributed by atoms with Gasteiger partial charge in [-0.1, -0.05) is 23.4 Å². The number of benzene rings is 1. The molecule has 0 unspecified atom stereocenters. The molecule has 0 saturated heterocycles. The molecule has 0 aliphatic carbocycles. The molecule has 2 heterocycles. The summed E-state index contributed by atoms with van der Waals surface area (Å²) < 4.78 is 6.56. The van der Waals surface area contributed by atoms with Crippen molar-refractivity contribution >= 4 is 35.3 Å². The van der Waals surface area contributed by atoms with Gasteiger partial charge >= 0.3 is 6.03 Å². The van der Waals surface area contributed by atoms with Crippen LogP contribution in [0.4, 0.5) is 4.79 Å². The SMILES string of the molecule is O=C(CSc1nnnn1-c1ccc(Cl)cc1)NC(=O)NCc1ccco1. The predicted molar refractivity (Wildman–Crippen MR) is 94.0 cm³/mol. The summed E-state index contributed by atoms with van der Waals surface area (Å²) in [6, 6.07) is 9.75. The first-order chi connectivity index (χ1) is 12.6. The number of imide groups is 1. The first-order valence-corrected chi connectivity index (χ1v) is 8.75. The van der Waals surface area contributed by atoms with E-state index in [9.17, 15) is 9.59 Å². The van der Waals surface area contributed by atoms with Crippen LogP contribution in [0.25, 0.3) is 5.69 Å². The quantitative estimate of drug-likeness (QED) is 0.616. The van der Waals surface area contributed by atoms with Crippen LogP contribution >= 0.6 is 23.4 Å². The molecule has 0 radical (unpaired) electrons. The number of amides is 3. The largest absolute Gasteiger partial charge is 0.467 e. The third-order valence-electron chi connectivity index (χ3n) is 3.10. The summed E-state index contributed by atoms with van der Waals surface area (Å²) in [6.07, 6.45) is 1.50. The number of carbonyl (C=O) groups excluding carboxylic acids is 2. The van der Waals surface area contributed by atoms with E-state index in [0.717, 1.165) is 11.8 Å². The van der Waals surface area contributed by atoms with Gasteiger partial charge in [-0.05, 0) is 46.8 Å². The fourth-order valence-electron chi connectivity index (χ4n) is 1.93. The second kappa shape index (κ2) is 8.50. The number of aromatic nitrogens is 4. The van der Waals surface area contributed by atoms with Gasteiger partial charge < -0.3 is 9.73 Å². The topological polar surface area (TPSA) is 115 Å². The highest BCUT2D eigenvalue weighted by Gasteiger charge is 2.13. The van der Waals surface area contributed by atoms with E-state index in [-0.39, 0.29) is 12.3 Å². The number of furan rings is 1. The molecule has 0 saturated carbocycles. The van der Waals surface area contributed by atoms with Gasteiger partial charge in [0.25, 0.3) is 0 Å². The van der Waals surface area contributed by atoms with Crippen molar-refractivity contribution in [2.75, 3.05) is 5.75 Å². The van der Waals surface area contributed by atoms with Gasteiger partial charge in [-0.15, -0.1) is 5.10 Å². The number of nitrogens with zero attached hydrogens (tertiary/aromatic N) is 4. The zero-order valence-corrected chi connectivity index (χ0v) is 14.8. The molecule has 3 amide bonds. The Kier molecular flexibility index (Phi) is 5.87. The lowest BCUT2D eigenvalue weighted by molar-refractivity contribution is -0.117. The Labute approximate surface area is 157 Å². The molecule has 3 rings (SSSR count). The summed E-state index contributed by atoms with van der Waals surface area (Å²) in [5, 5.41) is 17.1. The number of nitrogens with one attached hydrogen (secondary N) is 2. The van der Waals surface area contributed by atoms with Gasteiger partial charge in [0.05, 0.1) is 24.2 Å². The first kappa shape index (κ1) is 18.0. The lowest BCUT2D eigenvalue weighted by atomic mass is 10.3. The normalized spacial score (nSPS) is 10.5. The number of thioether (sulfide) groups is 1. The van der Waals surface area contributed by atoms with Crippen molar-refractivity contribution in [3.8, 4) is 5.69 Å². The van der Waals surface area contributed by atoms with Crippen LogP contribution in [0.3, 0.4) is 0 Å². The highest BCUT2D eigenvalue weighted by Crippen LogP contribution is 2.19. The highest BCUT2D eigenvalue weighted by molar-refractivity contribution is 7.99. The number of rotatable bonds is 6. The summed E-state index contributed by atoms with van der Waals surface area (Å²) in [6.45, 7) is 0.189. The van der Waals surface area contributed by atoms with Crippen LogP contribution in [0.5, 0.6) is 0 Å². The van der Waals surface area contributed by atoms with Crippen molar-refractivity contribution in [3.05, 3.63) is 53.4 Å². The van der Waals surface area contributed by atoms with E-state index in [4.69, 9.17) is 16.0 Å². The molecule has 26 heavy (non-hydrogen) atoms. The summed E-state index contributed by atoms with van der Waals surface area (Å²) in [5.41, 5.74) is 0.707. The van der Waals surface area contributed by atoms with Crippen molar-refractivity contribution in [3.63, 3.8) is 0 Å². The summed E-state index contributed by atoms with van der Waals surface area (Å²) in [7, 11) is 0. The van der Waals surface area contributed by atoms with Crippen molar-refractivity contribution in [2.24, 2.45) is 0 Å². The fraction of sp³-hybridized carbons (Fsp3) is 0.133. The predicted octanol–water partition coefficient (Wildman–Crippen LogP) is 2.03. The zero-order chi connectivity index (χ0) is 18.4. The molecule has 0 bridgehead atoms. The second-order valence-electron chi connectivity index (χ2n) is 4.95.